The molecule has 0 atom stereocenters. The van der Waals surface area contributed by atoms with E-state index in [2.05, 4.69) is 29.4 Å². The molecule has 5 heteroatoms. The average molecular weight is 272 g/mol. The van der Waals surface area contributed by atoms with Crippen LogP contribution in [0.5, 0.6) is 0 Å². The van der Waals surface area contributed by atoms with E-state index in [1.165, 1.54) is 0 Å². The summed E-state index contributed by atoms with van der Waals surface area (Å²) in [6, 6.07) is 7.37. The van der Waals surface area contributed by atoms with Crippen LogP contribution in [0.2, 0.25) is 0 Å². The molecule has 0 unspecified atom stereocenters. The zero-order chi connectivity index (χ0) is 14.5. The number of fused-ring (bicyclic) bond motifs is 1. The van der Waals surface area contributed by atoms with Crippen LogP contribution in [0.1, 0.15) is 33.6 Å². The molecule has 1 aromatic carbocycles. The minimum atomic E-state index is -0.0367. The van der Waals surface area contributed by atoms with Crippen molar-refractivity contribution >= 4 is 22.6 Å². The first kappa shape index (κ1) is 14.2. The highest BCUT2D eigenvalue weighted by Crippen LogP contribution is 2.11. The van der Waals surface area contributed by atoms with Gasteiger partial charge in [-0.15, -0.1) is 0 Å². The normalized spacial score (nSPS) is 10.6. The predicted molar refractivity (Wildman–Crippen MR) is 83.3 cm³/mol. The van der Waals surface area contributed by atoms with Crippen molar-refractivity contribution in [2.45, 2.75) is 40.2 Å². The summed E-state index contributed by atoms with van der Waals surface area (Å²) < 4.78 is 1.61. The summed E-state index contributed by atoms with van der Waals surface area (Å²) in [5.41, 5.74) is 4.64. The lowest BCUT2D eigenvalue weighted by molar-refractivity contribution is 0.724. The van der Waals surface area contributed by atoms with Crippen LogP contribution in [0.3, 0.4) is 0 Å². The highest BCUT2D eigenvalue weighted by molar-refractivity contribution is 5.84. The van der Waals surface area contributed by atoms with E-state index >= 15 is 0 Å². The van der Waals surface area contributed by atoms with E-state index in [0.717, 1.165) is 18.6 Å². The molecule has 0 amide bonds. The Morgan fingerprint density at radius 1 is 1.25 bits per heavy atom. The topological polar surface area (TPSA) is 59.3 Å². The van der Waals surface area contributed by atoms with Crippen LogP contribution in [-0.2, 0) is 6.54 Å². The summed E-state index contributed by atoms with van der Waals surface area (Å²) in [5.74, 6) is 0.496. The van der Waals surface area contributed by atoms with E-state index in [-0.39, 0.29) is 5.56 Å². The van der Waals surface area contributed by atoms with Gasteiger partial charge in [-0.1, -0.05) is 26.0 Å². The monoisotopic (exact) mass is 272 g/mol. The molecule has 20 heavy (non-hydrogen) atoms. The summed E-state index contributed by atoms with van der Waals surface area (Å²) in [4.78, 5) is 16.9. The Labute approximate surface area is 118 Å². The Bertz CT molecular complexity index is 682. The van der Waals surface area contributed by atoms with Gasteiger partial charge >= 0.3 is 0 Å². The van der Waals surface area contributed by atoms with Gasteiger partial charge in [0, 0.05) is 12.3 Å². The van der Waals surface area contributed by atoms with Crippen molar-refractivity contribution < 1.29 is 0 Å². The van der Waals surface area contributed by atoms with Crippen LogP contribution in [0.4, 0.5) is 5.95 Å². The number of benzene rings is 1. The molecule has 1 heterocycles. The maximum Gasteiger partial charge on any atom is 0.262 e. The fraction of sp³-hybridized carbons (Fsp3) is 0.400. The summed E-state index contributed by atoms with van der Waals surface area (Å²) in [5, 5.41) is 4.97. The second-order valence-corrected chi connectivity index (χ2v) is 4.50. The van der Waals surface area contributed by atoms with Gasteiger partial charge in [-0.3, -0.25) is 9.36 Å². The molecule has 0 saturated heterocycles. The molecular formula is C15H20N4O. The van der Waals surface area contributed by atoms with E-state index in [4.69, 9.17) is 0 Å². The SMILES string of the molecule is CCC(CC)=NNc1nc2ccccc2c(=O)n1CC. The number of para-hydroxylation sites is 1. The van der Waals surface area contributed by atoms with Gasteiger partial charge < -0.3 is 0 Å². The Kier molecular flexibility index (Phi) is 4.50. The van der Waals surface area contributed by atoms with Crippen molar-refractivity contribution in [2.24, 2.45) is 5.10 Å². The Morgan fingerprint density at radius 3 is 2.60 bits per heavy atom. The van der Waals surface area contributed by atoms with Crippen LogP contribution in [0.25, 0.3) is 10.9 Å². The Morgan fingerprint density at radius 2 is 1.95 bits per heavy atom. The van der Waals surface area contributed by atoms with Gasteiger partial charge in [-0.25, -0.2) is 10.4 Å². The Hall–Kier alpha value is -2.17. The average Bonchev–Trinajstić information content (AvgIpc) is 2.48. The van der Waals surface area contributed by atoms with Crippen LogP contribution in [-0.4, -0.2) is 15.3 Å². The first-order chi connectivity index (χ1) is 9.71. The third-order valence-electron chi connectivity index (χ3n) is 3.31. The molecule has 0 aliphatic heterocycles. The zero-order valence-electron chi connectivity index (χ0n) is 12.2. The fourth-order valence-corrected chi connectivity index (χ4v) is 2.08. The molecular weight excluding hydrogens is 252 g/mol. The van der Waals surface area contributed by atoms with Gasteiger partial charge in [-0.2, -0.15) is 5.10 Å². The second-order valence-electron chi connectivity index (χ2n) is 4.50. The van der Waals surface area contributed by atoms with Crippen LogP contribution in [0, 0.1) is 0 Å². The zero-order valence-corrected chi connectivity index (χ0v) is 12.2. The van der Waals surface area contributed by atoms with E-state index < -0.39 is 0 Å². The molecule has 0 saturated carbocycles. The number of rotatable bonds is 5. The van der Waals surface area contributed by atoms with Gasteiger partial charge in [0.25, 0.3) is 5.56 Å². The number of hydrazone groups is 1. The van der Waals surface area contributed by atoms with Crippen molar-refractivity contribution in [2.75, 3.05) is 5.43 Å². The maximum atomic E-state index is 12.4. The molecule has 0 radical (unpaired) electrons. The van der Waals surface area contributed by atoms with E-state index in [1.54, 1.807) is 10.6 Å². The summed E-state index contributed by atoms with van der Waals surface area (Å²) >= 11 is 0. The number of hydrogen-bond acceptors (Lipinski definition) is 4. The summed E-state index contributed by atoms with van der Waals surface area (Å²) in [6.07, 6.45) is 1.76. The lowest BCUT2D eigenvalue weighted by Gasteiger charge is -2.11. The van der Waals surface area contributed by atoms with Gasteiger partial charge in [0.2, 0.25) is 5.95 Å². The molecule has 106 valence electrons. The van der Waals surface area contributed by atoms with E-state index in [9.17, 15) is 4.79 Å². The first-order valence-electron chi connectivity index (χ1n) is 7.02. The van der Waals surface area contributed by atoms with Crippen LogP contribution < -0.4 is 11.0 Å². The lowest BCUT2D eigenvalue weighted by Crippen LogP contribution is -2.23. The molecule has 1 N–H and O–H groups in total. The van der Waals surface area contributed by atoms with Crippen LogP contribution in [0.15, 0.2) is 34.2 Å². The quantitative estimate of drug-likeness (QED) is 0.672. The largest absolute Gasteiger partial charge is 0.277 e. The van der Waals surface area contributed by atoms with Gasteiger partial charge in [0.1, 0.15) is 0 Å². The molecule has 2 rings (SSSR count). The number of nitrogens with zero attached hydrogens (tertiary/aromatic N) is 3. The van der Waals surface area contributed by atoms with Crippen molar-refractivity contribution in [1.82, 2.24) is 9.55 Å². The third kappa shape index (κ3) is 2.71. The van der Waals surface area contributed by atoms with E-state index in [1.807, 2.05) is 25.1 Å². The minimum absolute atomic E-state index is 0.0367. The van der Waals surface area contributed by atoms with E-state index in [0.29, 0.717) is 23.4 Å². The molecule has 0 bridgehead atoms. The Balaban J connectivity index is 2.52. The summed E-state index contributed by atoms with van der Waals surface area (Å²) in [7, 11) is 0. The van der Waals surface area contributed by atoms with Gasteiger partial charge in [0.05, 0.1) is 10.9 Å². The highest BCUT2D eigenvalue weighted by atomic mass is 16.1. The molecule has 0 fully saturated rings. The molecule has 2 aromatic rings. The molecule has 5 nitrogen and oxygen atoms in total. The van der Waals surface area contributed by atoms with Crippen LogP contribution >= 0.6 is 0 Å². The smallest absolute Gasteiger partial charge is 0.262 e. The molecule has 0 spiro atoms. The number of nitrogens with one attached hydrogen (secondary N) is 1. The molecule has 1 aromatic heterocycles. The summed E-state index contributed by atoms with van der Waals surface area (Å²) in [6.45, 7) is 6.60. The fourth-order valence-electron chi connectivity index (χ4n) is 2.08. The number of hydrogen-bond donors (Lipinski definition) is 1. The van der Waals surface area contributed by atoms with Crippen molar-refractivity contribution in [3.8, 4) is 0 Å². The standard InChI is InChI=1S/C15H20N4O/c1-4-11(5-2)17-18-15-16-13-10-8-7-9-12(13)14(20)19(15)6-3/h7-10H,4-6H2,1-3H3,(H,16,18). The van der Waals surface area contributed by atoms with Crippen molar-refractivity contribution in [3.63, 3.8) is 0 Å². The maximum absolute atomic E-state index is 12.4. The van der Waals surface area contributed by atoms with Gasteiger partial charge in [-0.05, 0) is 31.9 Å². The minimum Gasteiger partial charge on any atom is -0.277 e. The predicted octanol–water partition coefficient (Wildman–Crippen LogP) is 3.00. The number of anilines is 1. The van der Waals surface area contributed by atoms with Crippen molar-refractivity contribution in [1.29, 1.82) is 0 Å². The molecule has 0 aliphatic carbocycles. The second kappa shape index (κ2) is 6.32. The molecule has 0 aliphatic rings. The first-order valence-corrected chi connectivity index (χ1v) is 7.02. The third-order valence-corrected chi connectivity index (χ3v) is 3.31. The van der Waals surface area contributed by atoms with Gasteiger partial charge in [0.15, 0.2) is 0 Å². The van der Waals surface area contributed by atoms with Crippen molar-refractivity contribution in [3.05, 3.63) is 34.6 Å². The highest BCUT2D eigenvalue weighted by Gasteiger charge is 2.08. The lowest BCUT2D eigenvalue weighted by atomic mass is 10.2. The number of aromatic nitrogens is 2.